The Balaban J connectivity index is 0.000000200. The maximum Gasteiger partial charge on any atom is 0.0107 e. The quantitative estimate of drug-likeness (QED) is 0.833. The smallest absolute Gasteiger partial charge is 0.0107 e. The lowest BCUT2D eigenvalue weighted by molar-refractivity contribution is 0.217. The first-order valence-electron chi connectivity index (χ1n) is 9.06. The summed E-state index contributed by atoms with van der Waals surface area (Å²) in [4.78, 5) is 2.53. The number of nitrogens with one attached hydrogen (secondary N) is 1. The van der Waals surface area contributed by atoms with Crippen LogP contribution in [0.2, 0.25) is 0 Å². The second-order valence-corrected chi connectivity index (χ2v) is 7.23. The van der Waals surface area contributed by atoms with Crippen molar-refractivity contribution in [2.45, 2.75) is 66.2 Å². The molecule has 20 heavy (non-hydrogen) atoms. The normalized spacial score (nSPS) is 23.2. The van der Waals surface area contributed by atoms with Gasteiger partial charge in [0.2, 0.25) is 0 Å². The van der Waals surface area contributed by atoms with Crippen LogP contribution in [0.3, 0.4) is 0 Å². The van der Waals surface area contributed by atoms with Gasteiger partial charge in [-0.2, -0.15) is 0 Å². The highest BCUT2D eigenvalue weighted by atomic mass is 15.2. The van der Waals surface area contributed by atoms with Crippen molar-refractivity contribution in [3.05, 3.63) is 0 Å². The van der Waals surface area contributed by atoms with E-state index in [0.29, 0.717) is 0 Å². The molecule has 2 heteroatoms. The van der Waals surface area contributed by atoms with Crippen molar-refractivity contribution < 1.29 is 0 Å². The van der Waals surface area contributed by atoms with Crippen LogP contribution in [0.5, 0.6) is 0 Å². The number of hydrogen-bond donors (Lipinski definition) is 1. The van der Waals surface area contributed by atoms with Crippen molar-refractivity contribution in [3.63, 3.8) is 0 Å². The van der Waals surface area contributed by atoms with Crippen LogP contribution in [0.25, 0.3) is 0 Å². The number of rotatable bonds is 4. The van der Waals surface area contributed by atoms with Gasteiger partial charge in [-0.15, -0.1) is 0 Å². The van der Waals surface area contributed by atoms with Crippen LogP contribution in [0.4, 0.5) is 0 Å². The van der Waals surface area contributed by atoms with E-state index in [2.05, 4.69) is 37.9 Å². The molecule has 1 heterocycles. The Morgan fingerprint density at radius 1 is 1.00 bits per heavy atom. The summed E-state index contributed by atoms with van der Waals surface area (Å²) in [6.07, 6.45) is 8.88. The molecule has 2 aliphatic rings. The molecule has 0 spiro atoms. The van der Waals surface area contributed by atoms with Crippen LogP contribution in [0.1, 0.15) is 66.2 Å². The molecule has 0 aromatic carbocycles. The summed E-state index contributed by atoms with van der Waals surface area (Å²) in [6, 6.07) is 0. The largest absolute Gasteiger partial charge is 0.314 e. The van der Waals surface area contributed by atoms with Gasteiger partial charge >= 0.3 is 0 Å². The average molecular weight is 283 g/mol. The van der Waals surface area contributed by atoms with Crippen LogP contribution in [0, 0.1) is 17.8 Å². The molecule has 0 radical (unpaired) electrons. The molecule has 2 fully saturated rings. The SMILES string of the molecule is CC(C)CN1CCNCC1.CCC(C)C1CCCCC1. The number of nitrogens with zero attached hydrogens (tertiary/aromatic N) is 1. The van der Waals surface area contributed by atoms with E-state index in [0.717, 1.165) is 17.8 Å². The highest BCUT2D eigenvalue weighted by Gasteiger charge is 2.17. The van der Waals surface area contributed by atoms with E-state index in [-0.39, 0.29) is 0 Å². The molecule has 1 saturated carbocycles. The lowest BCUT2D eigenvalue weighted by Crippen LogP contribution is -2.44. The molecular weight excluding hydrogens is 244 g/mol. The van der Waals surface area contributed by atoms with Crippen LogP contribution in [0.15, 0.2) is 0 Å². The van der Waals surface area contributed by atoms with Crippen LogP contribution in [-0.4, -0.2) is 37.6 Å². The number of hydrogen-bond acceptors (Lipinski definition) is 2. The summed E-state index contributed by atoms with van der Waals surface area (Å²) >= 11 is 0. The van der Waals surface area contributed by atoms with Crippen molar-refractivity contribution in [3.8, 4) is 0 Å². The molecule has 1 atom stereocenters. The molecule has 2 rings (SSSR count). The molecule has 0 aromatic heterocycles. The predicted octanol–water partition coefficient (Wildman–Crippen LogP) is 4.16. The summed E-state index contributed by atoms with van der Waals surface area (Å²) in [5, 5.41) is 3.35. The van der Waals surface area contributed by atoms with Gasteiger partial charge < -0.3 is 10.2 Å². The first-order chi connectivity index (χ1) is 9.63. The number of piperazine rings is 1. The topological polar surface area (TPSA) is 15.3 Å². The zero-order chi connectivity index (χ0) is 14.8. The van der Waals surface area contributed by atoms with Crippen molar-refractivity contribution in [2.75, 3.05) is 32.7 Å². The Hall–Kier alpha value is -0.0800. The standard InChI is InChI=1S/C10H20.C8H18N2/c1-3-9(2)10-7-5-4-6-8-10;1-8(2)7-10-5-3-9-4-6-10/h9-10H,3-8H2,1-2H3;8-9H,3-7H2,1-2H3. The highest BCUT2D eigenvalue weighted by molar-refractivity contribution is 4.70. The van der Waals surface area contributed by atoms with Crippen LogP contribution >= 0.6 is 0 Å². The summed E-state index contributed by atoms with van der Waals surface area (Å²) < 4.78 is 0. The Morgan fingerprint density at radius 2 is 1.60 bits per heavy atom. The van der Waals surface area contributed by atoms with Crippen molar-refractivity contribution in [1.29, 1.82) is 0 Å². The van der Waals surface area contributed by atoms with Crippen molar-refractivity contribution >= 4 is 0 Å². The van der Waals surface area contributed by atoms with Gasteiger partial charge in [0, 0.05) is 32.7 Å². The molecule has 120 valence electrons. The van der Waals surface area contributed by atoms with Gasteiger partial charge in [0.1, 0.15) is 0 Å². The van der Waals surface area contributed by atoms with E-state index in [1.165, 1.54) is 71.2 Å². The molecule has 2 nitrogen and oxygen atoms in total. The molecule has 1 N–H and O–H groups in total. The first kappa shape index (κ1) is 18.0. The third kappa shape index (κ3) is 7.64. The zero-order valence-corrected chi connectivity index (χ0v) is 14.5. The van der Waals surface area contributed by atoms with E-state index in [9.17, 15) is 0 Å². The summed E-state index contributed by atoms with van der Waals surface area (Å²) in [5.41, 5.74) is 0. The van der Waals surface area contributed by atoms with E-state index in [1.807, 2.05) is 0 Å². The van der Waals surface area contributed by atoms with Gasteiger partial charge in [-0.05, 0) is 17.8 Å². The van der Waals surface area contributed by atoms with E-state index >= 15 is 0 Å². The van der Waals surface area contributed by atoms with Crippen molar-refractivity contribution in [1.82, 2.24) is 10.2 Å². The molecule has 1 unspecified atom stereocenters. The van der Waals surface area contributed by atoms with Gasteiger partial charge in [-0.25, -0.2) is 0 Å². The molecule has 1 saturated heterocycles. The van der Waals surface area contributed by atoms with Crippen molar-refractivity contribution in [2.24, 2.45) is 17.8 Å². The molecule has 0 bridgehead atoms. The minimum absolute atomic E-state index is 0.818. The van der Waals surface area contributed by atoms with Gasteiger partial charge in [-0.1, -0.05) is 66.2 Å². The van der Waals surface area contributed by atoms with Gasteiger partial charge in [0.05, 0.1) is 0 Å². The van der Waals surface area contributed by atoms with Gasteiger partial charge in [0.15, 0.2) is 0 Å². The second kappa shape index (κ2) is 10.6. The third-order valence-electron chi connectivity index (χ3n) is 4.93. The van der Waals surface area contributed by atoms with E-state index in [1.54, 1.807) is 0 Å². The van der Waals surface area contributed by atoms with Gasteiger partial charge in [-0.3, -0.25) is 0 Å². The molecular formula is C18H38N2. The Labute approximate surface area is 127 Å². The lowest BCUT2D eigenvalue weighted by Gasteiger charge is -2.28. The highest BCUT2D eigenvalue weighted by Crippen LogP contribution is 2.30. The zero-order valence-electron chi connectivity index (χ0n) is 14.5. The maximum atomic E-state index is 3.35. The molecule has 0 amide bonds. The summed E-state index contributed by atoms with van der Waals surface area (Å²) in [5.74, 6) is 2.87. The fraction of sp³-hybridized carbons (Fsp3) is 1.00. The Morgan fingerprint density at radius 3 is 2.10 bits per heavy atom. The van der Waals surface area contributed by atoms with Crippen LogP contribution in [-0.2, 0) is 0 Å². The second-order valence-electron chi connectivity index (χ2n) is 7.23. The monoisotopic (exact) mass is 282 g/mol. The minimum Gasteiger partial charge on any atom is -0.314 e. The summed E-state index contributed by atoms with van der Waals surface area (Å²) in [6.45, 7) is 15.4. The lowest BCUT2D eigenvalue weighted by atomic mass is 9.80. The maximum absolute atomic E-state index is 3.35. The fourth-order valence-corrected chi connectivity index (χ4v) is 3.45. The summed E-state index contributed by atoms with van der Waals surface area (Å²) in [7, 11) is 0. The minimum atomic E-state index is 0.818. The predicted molar refractivity (Wildman–Crippen MR) is 90.2 cm³/mol. The Bertz CT molecular complexity index is 215. The molecule has 1 aliphatic carbocycles. The molecule has 1 aliphatic heterocycles. The fourth-order valence-electron chi connectivity index (χ4n) is 3.45. The molecule has 0 aromatic rings. The third-order valence-corrected chi connectivity index (χ3v) is 4.93. The van der Waals surface area contributed by atoms with Gasteiger partial charge in [0.25, 0.3) is 0 Å². The first-order valence-corrected chi connectivity index (χ1v) is 9.06. The average Bonchev–Trinajstić information content (AvgIpc) is 2.48. The van der Waals surface area contributed by atoms with Crippen LogP contribution < -0.4 is 5.32 Å². The van der Waals surface area contributed by atoms with E-state index in [4.69, 9.17) is 0 Å². The van der Waals surface area contributed by atoms with E-state index < -0.39 is 0 Å². The Kier molecular flexibility index (Phi) is 9.54.